The number of carbonyl (C=O) groups excluding carboxylic acids is 1. The average Bonchev–Trinajstić information content (AvgIpc) is 2.65. The lowest BCUT2D eigenvalue weighted by atomic mass is 9.83. The summed E-state index contributed by atoms with van der Waals surface area (Å²) < 4.78 is 105. The summed E-state index contributed by atoms with van der Waals surface area (Å²) in [4.78, 5) is 12.2. The molecule has 178 valence electrons. The summed E-state index contributed by atoms with van der Waals surface area (Å²) in [7, 11) is 0. The summed E-state index contributed by atoms with van der Waals surface area (Å²) in [6, 6.07) is 0.961. The van der Waals surface area contributed by atoms with Crippen molar-refractivity contribution in [2.24, 2.45) is 11.8 Å². The number of rotatable bonds is 5. The first kappa shape index (κ1) is 25.5. The molecule has 0 saturated heterocycles. The zero-order valence-corrected chi connectivity index (χ0v) is 16.2. The standard InChI is InChI=1S/C21H17F7O3.CH4.H2/c1-10-2-4-11(5-3-10)20(29)30-12-6-14(22)18(15(23)7-12)21(27,28)31-13-8-16(24)19(26)17(25)9-13;;/h6-11H,2-5H2,1H3;1H4;1H. The number of ether oxygens (including phenoxy) is 2. The fourth-order valence-electron chi connectivity index (χ4n) is 3.37. The van der Waals surface area contributed by atoms with Gasteiger partial charge in [0.05, 0.1) is 5.92 Å². The molecule has 0 spiro atoms. The molecule has 1 fully saturated rings. The molecule has 2 aromatic rings. The normalized spacial score (nSPS) is 18.6. The van der Waals surface area contributed by atoms with Crippen LogP contribution in [0.25, 0.3) is 0 Å². The number of esters is 1. The molecule has 0 aliphatic heterocycles. The number of hydrogen-bond donors (Lipinski definition) is 0. The lowest BCUT2D eigenvalue weighted by Gasteiger charge is -2.24. The Hall–Kier alpha value is -2.78. The summed E-state index contributed by atoms with van der Waals surface area (Å²) >= 11 is 0. The molecule has 0 aromatic heterocycles. The van der Waals surface area contributed by atoms with Gasteiger partial charge in [-0.3, -0.25) is 4.79 Å². The molecule has 0 atom stereocenters. The molecule has 0 N–H and O–H groups in total. The minimum Gasteiger partial charge on any atom is -0.429 e. The van der Waals surface area contributed by atoms with Crippen LogP contribution in [0.15, 0.2) is 24.3 Å². The van der Waals surface area contributed by atoms with Crippen LogP contribution in [0.1, 0.15) is 47.0 Å². The van der Waals surface area contributed by atoms with E-state index in [1.54, 1.807) is 0 Å². The van der Waals surface area contributed by atoms with E-state index < -0.39 is 64.1 Å². The Balaban J connectivity index is 0.00000272. The third kappa shape index (κ3) is 5.52. The number of carbonyl (C=O) groups is 1. The molecule has 1 saturated carbocycles. The molecule has 10 heteroatoms. The Morgan fingerprint density at radius 2 is 1.34 bits per heavy atom. The van der Waals surface area contributed by atoms with Gasteiger partial charge in [-0.25, -0.2) is 22.0 Å². The second-order valence-corrected chi connectivity index (χ2v) is 7.46. The fraction of sp³-hybridized carbons (Fsp3) is 0.409. The van der Waals surface area contributed by atoms with E-state index in [0.717, 1.165) is 12.8 Å². The van der Waals surface area contributed by atoms with Crippen molar-refractivity contribution in [2.75, 3.05) is 0 Å². The Labute approximate surface area is 181 Å². The highest BCUT2D eigenvalue weighted by Crippen LogP contribution is 2.37. The molecule has 1 aliphatic carbocycles. The van der Waals surface area contributed by atoms with Gasteiger partial charge in [0.1, 0.15) is 28.7 Å². The van der Waals surface area contributed by atoms with E-state index in [1.165, 1.54) is 0 Å². The molecule has 2 aromatic carbocycles. The second kappa shape index (κ2) is 9.79. The highest BCUT2D eigenvalue weighted by atomic mass is 19.3. The van der Waals surface area contributed by atoms with E-state index in [2.05, 4.69) is 4.74 Å². The smallest absolute Gasteiger partial charge is 0.429 e. The van der Waals surface area contributed by atoms with E-state index >= 15 is 0 Å². The van der Waals surface area contributed by atoms with Crippen molar-refractivity contribution < 1.29 is 46.4 Å². The molecule has 0 heterocycles. The van der Waals surface area contributed by atoms with E-state index in [9.17, 15) is 35.5 Å². The van der Waals surface area contributed by atoms with Crippen molar-refractivity contribution in [3.8, 4) is 11.5 Å². The van der Waals surface area contributed by atoms with Gasteiger partial charge in [0.25, 0.3) is 0 Å². The maximum Gasteiger partial charge on any atom is 0.432 e. The monoisotopic (exact) mass is 468 g/mol. The topological polar surface area (TPSA) is 35.5 Å². The quantitative estimate of drug-likeness (QED) is 0.203. The average molecular weight is 468 g/mol. The first-order chi connectivity index (χ1) is 14.5. The van der Waals surface area contributed by atoms with Crippen molar-refractivity contribution in [2.45, 2.75) is 46.1 Å². The van der Waals surface area contributed by atoms with Crippen LogP contribution in [-0.2, 0) is 10.9 Å². The summed E-state index contributed by atoms with van der Waals surface area (Å²) in [5, 5.41) is 0. The van der Waals surface area contributed by atoms with Gasteiger partial charge in [0, 0.05) is 25.7 Å². The largest absolute Gasteiger partial charge is 0.432 e. The van der Waals surface area contributed by atoms with Gasteiger partial charge >= 0.3 is 12.1 Å². The molecule has 0 bridgehead atoms. The first-order valence-corrected chi connectivity index (χ1v) is 9.40. The second-order valence-electron chi connectivity index (χ2n) is 7.46. The van der Waals surface area contributed by atoms with E-state index in [1.807, 2.05) is 6.92 Å². The fourth-order valence-corrected chi connectivity index (χ4v) is 3.37. The summed E-state index contributed by atoms with van der Waals surface area (Å²) in [6.07, 6.45) is -2.06. The Morgan fingerprint density at radius 3 is 1.84 bits per heavy atom. The Morgan fingerprint density at radius 1 is 0.875 bits per heavy atom. The highest BCUT2D eigenvalue weighted by molar-refractivity contribution is 5.75. The van der Waals surface area contributed by atoms with Crippen LogP contribution in [0, 0.1) is 40.9 Å². The SMILES string of the molecule is C.CC1CCC(C(=O)Oc2cc(F)c(C(F)(F)Oc3cc(F)c(F)c(F)c3)c(F)c2)CC1.[HH]. The van der Waals surface area contributed by atoms with Crippen LogP contribution in [0.5, 0.6) is 11.5 Å². The van der Waals surface area contributed by atoms with E-state index in [0.29, 0.717) is 30.9 Å². The predicted molar refractivity (Wildman–Crippen MR) is 103 cm³/mol. The van der Waals surface area contributed by atoms with Crippen molar-refractivity contribution in [3.63, 3.8) is 0 Å². The summed E-state index contributed by atoms with van der Waals surface area (Å²) in [6.45, 7) is 2.03. The van der Waals surface area contributed by atoms with Crippen molar-refractivity contribution in [3.05, 3.63) is 58.9 Å². The molecule has 1 aliphatic rings. The minimum absolute atomic E-state index is 0. The molecular formula is C22H23F7O3. The molecule has 0 amide bonds. The number of benzene rings is 2. The van der Waals surface area contributed by atoms with Gasteiger partial charge in [-0.2, -0.15) is 8.78 Å². The zero-order valence-electron chi connectivity index (χ0n) is 16.2. The molecule has 0 unspecified atom stereocenters. The van der Waals surface area contributed by atoms with E-state index in [-0.39, 0.29) is 21.0 Å². The lowest BCUT2D eigenvalue weighted by Crippen LogP contribution is -2.27. The highest BCUT2D eigenvalue weighted by Gasteiger charge is 2.42. The van der Waals surface area contributed by atoms with Crippen molar-refractivity contribution >= 4 is 5.97 Å². The minimum atomic E-state index is -4.72. The van der Waals surface area contributed by atoms with Gasteiger partial charge in [0.2, 0.25) is 0 Å². The number of halogens is 7. The maximum absolute atomic E-state index is 14.3. The summed E-state index contributed by atoms with van der Waals surface area (Å²) in [5.41, 5.74) is -1.87. The van der Waals surface area contributed by atoms with Gasteiger partial charge in [-0.1, -0.05) is 14.4 Å². The molecule has 0 radical (unpaired) electrons. The van der Waals surface area contributed by atoms with Crippen molar-refractivity contribution in [1.82, 2.24) is 0 Å². The third-order valence-corrected chi connectivity index (χ3v) is 5.08. The van der Waals surface area contributed by atoms with Gasteiger partial charge in [0.15, 0.2) is 17.5 Å². The summed E-state index contributed by atoms with van der Waals surface area (Å²) in [5.74, 6) is -11.7. The van der Waals surface area contributed by atoms with Crippen LogP contribution in [0.4, 0.5) is 30.7 Å². The van der Waals surface area contributed by atoms with Crippen LogP contribution in [0.3, 0.4) is 0 Å². The van der Waals surface area contributed by atoms with Gasteiger partial charge in [-0.05, 0) is 31.6 Å². The number of alkyl halides is 2. The van der Waals surface area contributed by atoms with Crippen molar-refractivity contribution in [1.29, 1.82) is 0 Å². The van der Waals surface area contributed by atoms with Gasteiger partial charge in [-0.15, -0.1) is 0 Å². The van der Waals surface area contributed by atoms with Gasteiger partial charge < -0.3 is 9.47 Å². The van der Waals surface area contributed by atoms with Crippen LogP contribution >= 0.6 is 0 Å². The van der Waals surface area contributed by atoms with E-state index in [4.69, 9.17) is 4.74 Å². The first-order valence-electron chi connectivity index (χ1n) is 9.40. The van der Waals surface area contributed by atoms with Crippen LogP contribution < -0.4 is 9.47 Å². The molecule has 32 heavy (non-hydrogen) atoms. The Kier molecular flexibility index (Phi) is 7.79. The molecule has 3 rings (SSSR count). The van der Waals surface area contributed by atoms with Crippen LogP contribution in [0.2, 0.25) is 0 Å². The predicted octanol–water partition coefficient (Wildman–Crippen LogP) is 7.12. The Bertz CT molecular complexity index is 946. The molecular weight excluding hydrogens is 445 g/mol. The maximum atomic E-state index is 14.3. The third-order valence-electron chi connectivity index (χ3n) is 5.08. The van der Waals surface area contributed by atoms with Crippen LogP contribution in [-0.4, -0.2) is 5.97 Å². The zero-order chi connectivity index (χ0) is 22.9. The lowest BCUT2D eigenvalue weighted by molar-refractivity contribution is -0.189. The number of hydrogen-bond acceptors (Lipinski definition) is 3. The molecule has 3 nitrogen and oxygen atoms in total.